The van der Waals surface area contributed by atoms with Crippen molar-refractivity contribution in [2.24, 2.45) is 0 Å². The fourth-order valence-corrected chi connectivity index (χ4v) is 2.47. The van der Waals surface area contributed by atoms with E-state index in [0.717, 1.165) is 19.4 Å². The van der Waals surface area contributed by atoms with E-state index in [1.165, 1.54) is 7.11 Å². The molecule has 0 aromatic rings. The summed E-state index contributed by atoms with van der Waals surface area (Å²) < 4.78 is 4.89. The molecule has 1 N–H and O–H groups in total. The predicted molar refractivity (Wildman–Crippen MR) is 75.7 cm³/mol. The minimum atomic E-state index is -0.616. The monoisotopic (exact) mass is 258 g/mol. The molecule has 0 bridgehead atoms. The van der Waals surface area contributed by atoms with Gasteiger partial charge in [0, 0.05) is 12.1 Å². The van der Waals surface area contributed by atoms with Crippen LogP contribution in [0.4, 0.5) is 0 Å². The molecule has 0 fully saturated rings. The molecule has 0 radical (unpaired) electrons. The smallest absolute Gasteiger partial charge is 0.325 e. The lowest BCUT2D eigenvalue weighted by Crippen LogP contribution is -2.53. The number of hydrogen-bond acceptors (Lipinski definition) is 4. The maximum atomic E-state index is 11.8. The largest absolute Gasteiger partial charge is 0.468 e. The summed E-state index contributed by atoms with van der Waals surface area (Å²) in [5.74, 6) is -0.197. The predicted octanol–water partition coefficient (Wildman–Crippen LogP) is 2.04. The second kappa shape index (κ2) is 7.74. The summed E-state index contributed by atoms with van der Waals surface area (Å²) in [5.41, 5.74) is -0.616. The molecule has 0 aliphatic rings. The van der Waals surface area contributed by atoms with Crippen LogP contribution in [0.5, 0.6) is 0 Å². The molecule has 4 nitrogen and oxygen atoms in total. The van der Waals surface area contributed by atoms with Crippen molar-refractivity contribution in [2.75, 3.05) is 20.7 Å². The van der Waals surface area contributed by atoms with E-state index in [0.29, 0.717) is 12.1 Å². The number of carbonyl (C=O) groups excluding carboxylic acids is 1. The van der Waals surface area contributed by atoms with Gasteiger partial charge in [-0.3, -0.25) is 9.69 Å². The maximum Gasteiger partial charge on any atom is 0.325 e. The van der Waals surface area contributed by atoms with E-state index in [-0.39, 0.29) is 5.97 Å². The molecule has 2 atom stereocenters. The van der Waals surface area contributed by atoms with Crippen molar-refractivity contribution in [1.29, 1.82) is 0 Å². The van der Waals surface area contributed by atoms with Gasteiger partial charge in [-0.15, -0.1) is 0 Å². The number of hydrogen-bond donors (Lipinski definition) is 1. The number of rotatable bonds is 8. The van der Waals surface area contributed by atoms with Gasteiger partial charge >= 0.3 is 5.97 Å². The van der Waals surface area contributed by atoms with Gasteiger partial charge in [0.1, 0.15) is 5.54 Å². The summed E-state index contributed by atoms with van der Waals surface area (Å²) in [7, 11) is 3.25. The molecule has 108 valence electrons. The minimum absolute atomic E-state index is 0.197. The molecular formula is C14H30N2O2. The van der Waals surface area contributed by atoms with Crippen molar-refractivity contribution in [2.45, 2.75) is 65.1 Å². The van der Waals surface area contributed by atoms with E-state index in [9.17, 15) is 4.79 Å². The number of carbonyl (C=O) groups is 1. The van der Waals surface area contributed by atoms with Crippen molar-refractivity contribution < 1.29 is 9.53 Å². The first-order valence-electron chi connectivity index (χ1n) is 6.85. The molecule has 0 aliphatic carbocycles. The highest BCUT2D eigenvalue weighted by Gasteiger charge is 2.35. The zero-order chi connectivity index (χ0) is 14.3. The van der Waals surface area contributed by atoms with Crippen molar-refractivity contribution in [3.8, 4) is 0 Å². The molecular weight excluding hydrogens is 228 g/mol. The fourth-order valence-electron chi connectivity index (χ4n) is 2.47. The van der Waals surface area contributed by atoms with Gasteiger partial charge in [0.15, 0.2) is 0 Å². The Labute approximate surface area is 112 Å². The van der Waals surface area contributed by atoms with Crippen molar-refractivity contribution >= 4 is 5.97 Å². The van der Waals surface area contributed by atoms with Gasteiger partial charge in [0.25, 0.3) is 0 Å². The average Bonchev–Trinajstić information content (AvgIpc) is 2.33. The summed E-state index contributed by atoms with van der Waals surface area (Å²) in [4.78, 5) is 14.3. The van der Waals surface area contributed by atoms with E-state index in [1.54, 1.807) is 0 Å². The van der Waals surface area contributed by atoms with Gasteiger partial charge in [0.05, 0.1) is 7.11 Å². The van der Waals surface area contributed by atoms with E-state index in [4.69, 9.17) is 4.74 Å². The van der Waals surface area contributed by atoms with Crippen LogP contribution in [-0.2, 0) is 9.53 Å². The summed E-state index contributed by atoms with van der Waals surface area (Å²) in [5, 5.41) is 3.09. The molecule has 0 spiro atoms. The summed E-state index contributed by atoms with van der Waals surface area (Å²) >= 11 is 0. The van der Waals surface area contributed by atoms with Crippen LogP contribution in [-0.4, -0.2) is 49.2 Å². The lowest BCUT2D eigenvalue weighted by molar-refractivity contribution is -0.148. The first kappa shape index (κ1) is 17.4. The third kappa shape index (κ3) is 4.58. The number of ether oxygens (including phenoxy) is 1. The average molecular weight is 258 g/mol. The zero-order valence-electron chi connectivity index (χ0n) is 13.0. The quantitative estimate of drug-likeness (QED) is 0.677. The lowest BCUT2D eigenvalue weighted by Gasteiger charge is -2.37. The number of nitrogens with one attached hydrogen (secondary N) is 1. The molecule has 0 aromatic carbocycles. The van der Waals surface area contributed by atoms with Crippen LogP contribution < -0.4 is 5.32 Å². The van der Waals surface area contributed by atoms with Gasteiger partial charge in [-0.2, -0.15) is 0 Å². The first-order chi connectivity index (χ1) is 8.32. The first-order valence-corrected chi connectivity index (χ1v) is 6.85. The van der Waals surface area contributed by atoms with Crippen LogP contribution in [0.25, 0.3) is 0 Å². The van der Waals surface area contributed by atoms with Crippen LogP contribution in [0.1, 0.15) is 47.5 Å². The van der Waals surface area contributed by atoms with Crippen LogP contribution in [0.15, 0.2) is 0 Å². The molecule has 2 unspecified atom stereocenters. The van der Waals surface area contributed by atoms with E-state index < -0.39 is 5.54 Å². The maximum absolute atomic E-state index is 11.8. The molecule has 0 saturated carbocycles. The number of esters is 1. The van der Waals surface area contributed by atoms with Crippen LogP contribution >= 0.6 is 0 Å². The highest BCUT2D eigenvalue weighted by molar-refractivity contribution is 5.80. The lowest BCUT2D eigenvalue weighted by atomic mass is 9.92. The molecule has 0 rings (SSSR count). The number of nitrogens with zero attached hydrogens (tertiary/aromatic N) is 1. The molecule has 0 aliphatic heterocycles. The summed E-state index contributed by atoms with van der Waals surface area (Å²) in [6, 6.07) is 0.820. The van der Waals surface area contributed by atoms with Gasteiger partial charge < -0.3 is 10.1 Å². The highest BCUT2D eigenvalue weighted by atomic mass is 16.5. The Balaban J connectivity index is 4.77. The van der Waals surface area contributed by atoms with E-state index in [1.807, 2.05) is 14.0 Å². The second-order valence-corrected chi connectivity index (χ2v) is 5.46. The van der Waals surface area contributed by atoms with Crippen molar-refractivity contribution in [1.82, 2.24) is 10.2 Å². The Hall–Kier alpha value is -0.610. The Bertz CT molecular complexity index is 256. The fraction of sp³-hybridized carbons (Fsp3) is 0.929. The third-order valence-electron chi connectivity index (χ3n) is 3.60. The molecule has 0 saturated heterocycles. The number of likely N-dealkylation sites (N-methyl/N-ethyl adjacent to an activating group) is 1. The standard InChI is InChI=1S/C14H30N2O2/c1-8-9-16(11(2)3)12(4)10-14(5,15-6)13(17)18-7/h11-12,15H,8-10H2,1-7H3. The van der Waals surface area contributed by atoms with Crippen molar-refractivity contribution in [3.05, 3.63) is 0 Å². The van der Waals surface area contributed by atoms with E-state index in [2.05, 4.69) is 37.9 Å². The second-order valence-electron chi connectivity index (χ2n) is 5.46. The minimum Gasteiger partial charge on any atom is -0.468 e. The third-order valence-corrected chi connectivity index (χ3v) is 3.60. The zero-order valence-corrected chi connectivity index (χ0v) is 13.0. The van der Waals surface area contributed by atoms with Crippen LogP contribution in [0.2, 0.25) is 0 Å². The van der Waals surface area contributed by atoms with Crippen molar-refractivity contribution in [3.63, 3.8) is 0 Å². The number of methoxy groups -OCH3 is 1. The van der Waals surface area contributed by atoms with Crippen LogP contribution in [0, 0.1) is 0 Å². The van der Waals surface area contributed by atoms with E-state index >= 15 is 0 Å². The Morgan fingerprint density at radius 1 is 1.39 bits per heavy atom. The molecule has 0 heterocycles. The van der Waals surface area contributed by atoms with Gasteiger partial charge in [-0.1, -0.05) is 6.92 Å². The highest BCUT2D eigenvalue weighted by Crippen LogP contribution is 2.19. The summed E-state index contributed by atoms with van der Waals surface area (Å²) in [6.45, 7) is 11.7. The molecule has 4 heteroatoms. The van der Waals surface area contributed by atoms with Crippen LogP contribution in [0.3, 0.4) is 0 Å². The molecule has 0 aromatic heterocycles. The Morgan fingerprint density at radius 3 is 2.28 bits per heavy atom. The topological polar surface area (TPSA) is 41.6 Å². The SMILES string of the molecule is CCCN(C(C)C)C(C)CC(C)(NC)C(=O)OC. The molecule has 0 amide bonds. The summed E-state index contributed by atoms with van der Waals surface area (Å²) in [6.07, 6.45) is 1.87. The molecule has 18 heavy (non-hydrogen) atoms. The van der Waals surface area contributed by atoms with Gasteiger partial charge in [-0.05, 0) is 54.1 Å². The van der Waals surface area contributed by atoms with Gasteiger partial charge in [0.2, 0.25) is 0 Å². The van der Waals surface area contributed by atoms with Gasteiger partial charge in [-0.25, -0.2) is 0 Å². The Kier molecular flexibility index (Phi) is 7.48. The normalized spacial score (nSPS) is 16.7. The Morgan fingerprint density at radius 2 is 1.94 bits per heavy atom.